The number of hydrogen-bond acceptors (Lipinski definition) is 3. The Kier molecular flexibility index (Phi) is 7.22. The fourth-order valence-corrected chi connectivity index (χ4v) is 6.73. The molecule has 4 heteroatoms. The summed E-state index contributed by atoms with van der Waals surface area (Å²) in [6.45, 7) is 12.8. The summed E-state index contributed by atoms with van der Waals surface area (Å²) in [4.78, 5) is 20.6. The molecule has 1 aliphatic carbocycles. The molecule has 0 aromatic carbocycles. The van der Waals surface area contributed by atoms with Crippen LogP contribution in [0.25, 0.3) is 0 Å². The Morgan fingerprint density at radius 2 is 1.62 bits per heavy atom. The van der Waals surface area contributed by atoms with Crippen molar-refractivity contribution in [1.82, 2.24) is 14.7 Å². The largest absolute Gasteiger partial charge is 0.342 e. The average molecular weight is 404 g/mol. The van der Waals surface area contributed by atoms with Crippen molar-refractivity contribution >= 4 is 5.91 Å². The van der Waals surface area contributed by atoms with Gasteiger partial charge in [0.15, 0.2) is 0 Å². The van der Waals surface area contributed by atoms with E-state index in [1.54, 1.807) is 0 Å². The highest BCUT2D eigenvalue weighted by atomic mass is 16.2. The smallest absolute Gasteiger partial charge is 0.222 e. The van der Waals surface area contributed by atoms with Crippen LogP contribution in [-0.2, 0) is 4.79 Å². The summed E-state index contributed by atoms with van der Waals surface area (Å²) in [5.74, 6) is 2.01. The second kappa shape index (κ2) is 9.68. The predicted octanol–water partition coefficient (Wildman–Crippen LogP) is 4.39. The zero-order chi connectivity index (χ0) is 20.3. The van der Waals surface area contributed by atoms with Gasteiger partial charge in [-0.1, -0.05) is 19.3 Å². The highest BCUT2D eigenvalue weighted by molar-refractivity contribution is 5.76. The standard InChI is InChI=1S/C25H45N3O/c1-21(2)27-14-9-22(10-15-27)17-24(29)28-16-12-25(20-28)11-6-13-26(19-25)18-23-7-4-3-5-8-23/h21-23H,3-20H2,1-2H3/t25-/m1/s1. The monoisotopic (exact) mass is 403 g/mol. The molecule has 3 saturated heterocycles. The minimum atomic E-state index is 0.406. The van der Waals surface area contributed by atoms with E-state index in [9.17, 15) is 4.79 Å². The molecule has 0 aromatic rings. The lowest BCUT2D eigenvalue weighted by atomic mass is 9.78. The van der Waals surface area contributed by atoms with E-state index < -0.39 is 0 Å². The molecule has 1 amide bonds. The van der Waals surface area contributed by atoms with Crippen LogP contribution in [0.4, 0.5) is 0 Å². The number of piperidine rings is 2. The molecule has 4 nitrogen and oxygen atoms in total. The first-order valence-electron chi connectivity index (χ1n) is 12.8. The first-order chi connectivity index (χ1) is 14.0. The van der Waals surface area contributed by atoms with Crippen molar-refractivity contribution in [3.05, 3.63) is 0 Å². The number of carbonyl (C=O) groups is 1. The van der Waals surface area contributed by atoms with Crippen LogP contribution in [0.1, 0.15) is 84.5 Å². The molecule has 0 radical (unpaired) electrons. The summed E-state index contributed by atoms with van der Waals surface area (Å²) in [5.41, 5.74) is 0.406. The van der Waals surface area contributed by atoms with Crippen LogP contribution in [0, 0.1) is 17.3 Å². The number of carbonyl (C=O) groups excluding carboxylic acids is 1. The molecule has 1 atom stereocenters. The van der Waals surface area contributed by atoms with Gasteiger partial charge in [0.1, 0.15) is 0 Å². The third-order valence-electron chi connectivity index (χ3n) is 8.62. The van der Waals surface area contributed by atoms with Crippen molar-refractivity contribution in [3.8, 4) is 0 Å². The third kappa shape index (κ3) is 5.55. The third-order valence-corrected chi connectivity index (χ3v) is 8.62. The van der Waals surface area contributed by atoms with Gasteiger partial charge in [0.25, 0.3) is 0 Å². The van der Waals surface area contributed by atoms with Crippen LogP contribution in [0.15, 0.2) is 0 Å². The Morgan fingerprint density at radius 3 is 2.34 bits per heavy atom. The van der Waals surface area contributed by atoms with Gasteiger partial charge in [0, 0.05) is 44.1 Å². The van der Waals surface area contributed by atoms with E-state index in [0.717, 1.165) is 25.4 Å². The first kappa shape index (κ1) is 21.6. The molecule has 1 spiro atoms. The summed E-state index contributed by atoms with van der Waals surface area (Å²) >= 11 is 0. The second-order valence-electron chi connectivity index (χ2n) is 11.2. The quantitative estimate of drug-likeness (QED) is 0.681. The predicted molar refractivity (Wildman–Crippen MR) is 120 cm³/mol. The number of hydrogen-bond donors (Lipinski definition) is 0. The van der Waals surface area contributed by atoms with E-state index in [4.69, 9.17) is 0 Å². The van der Waals surface area contributed by atoms with E-state index >= 15 is 0 Å². The van der Waals surface area contributed by atoms with Gasteiger partial charge in [-0.3, -0.25) is 4.79 Å². The molecular formula is C25H45N3O. The second-order valence-corrected chi connectivity index (χ2v) is 11.2. The lowest BCUT2D eigenvalue weighted by Gasteiger charge is -2.42. The van der Waals surface area contributed by atoms with Gasteiger partial charge in [-0.05, 0) is 90.3 Å². The Labute approximate surface area is 179 Å². The molecule has 29 heavy (non-hydrogen) atoms. The van der Waals surface area contributed by atoms with E-state index in [1.165, 1.54) is 96.9 Å². The lowest BCUT2D eigenvalue weighted by Crippen LogP contribution is -2.47. The molecule has 166 valence electrons. The van der Waals surface area contributed by atoms with Crippen molar-refractivity contribution < 1.29 is 4.79 Å². The van der Waals surface area contributed by atoms with Gasteiger partial charge >= 0.3 is 0 Å². The molecule has 1 saturated carbocycles. The molecule has 4 rings (SSSR count). The molecule has 0 aromatic heterocycles. The fourth-order valence-electron chi connectivity index (χ4n) is 6.73. The Morgan fingerprint density at radius 1 is 0.862 bits per heavy atom. The van der Waals surface area contributed by atoms with Gasteiger partial charge in [0.05, 0.1) is 0 Å². The number of likely N-dealkylation sites (tertiary alicyclic amines) is 3. The minimum absolute atomic E-state index is 0.406. The van der Waals surface area contributed by atoms with Crippen molar-refractivity contribution in [2.45, 2.75) is 90.5 Å². The summed E-state index contributed by atoms with van der Waals surface area (Å²) in [6, 6.07) is 0.646. The maximum absolute atomic E-state index is 13.1. The summed E-state index contributed by atoms with van der Waals surface area (Å²) in [7, 11) is 0. The SMILES string of the molecule is CC(C)N1CCC(CC(=O)N2CC[C@@]3(CCCN(CC4CCCCC4)C3)C2)CC1. The highest BCUT2D eigenvalue weighted by Gasteiger charge is 2.43. The van der Waals surface area contributed by atoms with E-state index in [-0.39, 0.29) is 0 Å². The number of amides is 1. The summed E-state index contributed by atoms with van der Waals surface area (Å²) in [5, 5.41) is 0. The van der Waals surface area contributed by atoms with Crippen LogP contribution in [0.2, 0.25) is 0 Å². The van der Waals surface area contributed by atoms with Crippen LogP contribution in [-0.4, -0.2) is 72.5 Å². The zero-order valence-corrected chi connectivity index (χ0v) is 19.2. The van der Waals surface area contributed by atoms with Crippen LogP contribution < -0.4 is 0 Å². The first-order valence-corrected chi connectivity index (χ1v) is 12.8. The summed E-state index contributed by atoms with van der Waals surface area (Å²) < 4.78 is 0. The average Bonchev–Trinajstić information content (AvgIpc) is 3.12. The van der Waals surface area contributed by atoms with Crippen LogP contribution >= 0.6 is 0 Å². The topological polar surface area (TPSA) is 26.8 Å². The zero-order valence-electron chi connectivity index (χ0n) is 19.2. The molecule has 0 unspecified atom stereocenters. The number of rotatable bonds is 5. The van der Waals surface area contributed by atoms with E-state index in [2.05, 4.69) is 28.5 Å². The number of nitrogens with zero attached hydrogens (tertiary/aromatic N) is 3. The minimum Gasteiger partial charge on any atom is -0.342 e. The van der Waals surface area contributed by atoms with Crippen molar-refractivity contribution in [1.29, 1.82) is 0 Å². The molecule has 0 N–H and O–H groups in total. The highest BCUT2D eigenvalue weighted by Crippen LogP contribution is 2.40. The Hall–Kier alpha value is -0.610. The van der Waals surface area contributed by atoms with Crippen molar-refractivity contribution in [2.24, 2.45) is 17.3 Å². The maximum Gasteiger partial charge on any atom is 0.222 e. The molecule has 0 bridgehead atoms. The lowest BCUT2D eigenvalue weighted by molar-refractivity contribution is -0.132. The Bertz CT molecular complexity index is 536. The van der Waals surface area contributed by atoms with Crippen molar-refractivity contribution in [2.75, 3.05) is 45.8 Å². The van der Waals surface area contributed by atoms with Crippen LogP contribution in [0.3, 0.4) is 0 Å². The normalized spacial score (nSPS) is 31.2. The van der Waals surface area contributed by atoms with E-state index in [0.29, 0.717) is 23.3 Å². The summed E-state index contributed by atoms with van der Waals surface area (Å²) in [6.07, 6.45) is 14.4. The van der Waals surface area contributed by atoms with Gasteiger partial charge in [-0.15, -0.1) is 0 Å². The van der Waals surface area contributed by atoms with Gasteiger partial charge in [-0.25, -0.2) is 0 Å². The Balaban J connectivity index is 1.24. The van der Waals surface area contributed by atoms with Gasteiger partial charge < -0.3 is 14.7 Å². The fraction of sp³-hybridized carbons (Fsp3) is 0.960. The molecule has 3 aliphatic heterocycles. The maximum atomic E-state index is 13.1. The van der Waals surface area contributed by atoms with E-state index in [1.807, 2.05) is 0 Å². The molecule has 4 aliphatic rings. The molecular weight excluding hydrogens is 358 g/mol. The van der Waals surface area contributed by atoms with Crippen molar-refractivity contribution in [3.63, 3.8) is 0 Å². The molecule has 3 heterocycles. The van der Waals surface area contributed by atoms with Gasteiger partial charge in [0.2, 0.25) is 5.91 Å². The van der Waals surface area contributed by atoms with Crippen LogP contribution in [0.5, 0.6) is 0 Å². The van der Waals surface area contributed by atoms with Gasteiger partial charge in [-0.2, -0.15) is 0 Å². The molecule has 4 fully saturated rings.